The summed E-state index contributed by atoms with van der Waals surface area (Å²) in [5.41, 5.74) is -4.90. The zero-order chi connectivity index (χ0) is 14.2. The van der Waals surface area contributed by atoms with Crippen LogP contribution in [0.25, 0.3) is 0 Å². The van der Waals surface area contributed by atoms with Crippen molar-refractivity contribution in [3.63, 3.8) is 0 Å². The number of nitrogens with zero attached hydrogens (tertiary/aromatic N) is 3. The number of nitro groups is 3. The zero-order valence-electron chi connectivity index (χ0n) is 8.13. The van der Waals surface area contributed by atoms with Gasteiger partial charge < -0.3 is 15.3 Å². The number of hydrogen-bond acceptors (Lipinski definition) is 9. The third-order valence-electron chi connectivity index (χ3n) is 1.89. The Morgan fingerprint density at radius 3 is 0.895 bits per heavy atom. The van der Waals surface area contributed by atoms with Crippen LogP contribution < -0.4 is 0 Å². The molecule has 1 aromatic rings. The van der Waals surface area contributed by atoms with Gasteiger partial charge in [0.15, 0.2) is 0 Å². The van der Waals surface area contributed by atoms with Gasteiger partial charge >= 0.3 is 46.6 Å². The van der Waals surface area contributed by atoms with E-state index in [4.69, 9.17) is 0 Å². The summed E-state index contributed by atoms with van der Waals surface area (Å²) in [5, 5.41) is 58.9. The quantitative estimate of drug-likeness (QED) is 0.385. The Morgan fingerprint density at radius 1 is 0.632 bits per heavy atom. The second-order valence-electron chi connectivity index (χ2n) is 2.86. The van der Waals surface area contributed by atoms with Gasteiger partial charge in [-0.1, -0.05) is 0 Å². The third-order valence-corrected chi connectivity index (χ3v) is 1.89. The molecule has 1 aromatic carbocycles. The van der Waals surface area contributed by atoms with Crippen molar-refractivity contribution in [3.8, 4) is 17.2 Å². The summed E-state index contributed by atoms with van der Waals surface area (Å²) >= 11 is 0. The van der Waals surface area contributed by atoms with E-state index in [9.17, 15) is 45.7 Å². The molecule has 0 aliphatic rings. The van der Waals surface area contributed by atoms with Gasteiger partial charge in [0, 0.05) is 0 Å². The Kier molecular flexibility index (Phi) is 4.99. The summed E-state index contributed by atoms with van der Waals surface area (Å²) in [5.74, 6) is -5.03. The molecular weight excluding hydrogens is 281 g/mol. The van der Waals surface area contributed by atoms with Crippen LogP contribution in [-0.4, -0.2) is 59.6 Å². The Bertz CT molecular complexity index is 484. The van der Waals surface area contributed by atoms with Gasteiger partial charge in [0.25, 0.3) is 17.2 Å². The van der Waals surface area contributed by atoms with E-state index >= 15 is 0 Å². The van der Waals surface area contributed by atoms with Crippen molar-refractivity contribution in [1.29, 1.82) is 0 Å². The van der Waals surface area contributed by atoms with Crippen LogP contribution in [-0.2, 0) is 0 Å². The number of rotatable bonds is 3. The van der Waals surface area contributed by atoms with E-state index in [0.29, 0.717) is 0 Å². The maximum atomic E-state index is 10.5. The maximum absolute atomic E-state index is 10.5. The fraction of sp³-hybridized carbons (Fsp3) is 0. The van der Waals surface area contributed by atoms with Crippen LogP contribution in [0.2, 0.25) is 0 Å². The number of phenols is 3. The summed E-state index contributed by atoms with van der Waals surface area (Å²) in [7, 11) is 0. The molecule has 0 radical (unpaired) electrons. The Morgan fingerprint density at radius 2 is 0.789 bits per heavy atom. The topological polar surface area (TPSA) is 190 Å². The third kappa shape index (κ3) is 2.64. The molecule has 0 spiro atoms. The molecule has 0 aromatic heterocycles. The summed E-state index contributed by atoms with van der Waals surface area (Å²) in [6.07, 6.45) is 0. The first-order valence-corrected chi connectivity index (χ1v) is 3.94. The first-order chi connectivity index (χ1) is 8.20. The van der Waals surface area contributed by atoms with E-state index in [0.717, 1.165) is 0 Å². The van der Waals surface area contributed by atoms with Gasteiger partial charge in [-0.3, -0.25) is 30.3 Å². The normalized spacial score (nSPS) is 9.47. The van der Waals surface area contributed by atoms with Crippen molar-refractivity contribution < 1.29 is 30.1 Å². The van der Waals surface area contributed by atoms with Gasteiger partial charge in [0.2, 0.25) is 0 Å². The van der Waals surface area contributed by atoms with Crippen molar-refractivity contribution in [2.45, 2.75) is 0 Å². The summed E-state index contributed by atoms with van der Waals surface area (Å²) in [6, 6.07) is 0. The minimum absolute atomic E-state index is 0. The summed E-state index contributed by atoms with van der Waals surface area (Å²) < 4.78 is 0. The minimum atomic E-state index is -1.68. The molecule has 0 amide bonds. The molecule has 0 saturated heterocycles. The number of benzene rings is 1. The van der Waals surface area contributed by atoms with Crippen molar-refractivity contribution in [3.05, 3.63) is 30.3 Å². The molecule has 0 aliphatic carbocycles. The molecule has 12 nitrogen and oxygen atoms in total. The van der Waals surface area contributed by atoms with Gasteiger partial charge in [-0.05, 0) is 0 Å². The van der Waals surface area contributed by atoms with Crippen molar-refractivity contribution in [1.82, 2.24) is 0 Å². The predicted octanol–water partition coefficient (Wildman–Crippen LogP) is -0.120. The van der Waals surface area contributed by atoms with Crippen LogP contribution >= 0.6 is 0 Å². The zero-order valence-corrected chi connectivity index (χ0v) is 8.13. The van der Waals surface area contributed by atoms with E-state index in [2.05, 4.69) is 0 Å². The average Bonchev–Trinajstić information content (AvgIpc) is 2.14. The first kappa shape index (κ1) is 16.8. The van der Waals surface area contributed by atoms with Crippen molar-refractivity contribution in [2.75, 3.05) is 0 Å². The van der Waals surface area contributed by atoms with Crippen LogP contribution in [0.5, 0.6) is 17.2 Å². The molecule has 0 atom stereocenters. The summed E-state index contributed by atoms with van der Waals surface area (Å²) in [4.78, 5) is 27.0. The predicted molar refractivity (Wildman–Crippen MR) is 58.5 cm³/mol. The van der Waals surface area contributed by atoms with E-state index < -0.39 is 49.1 Å². The molecule has 0 heterocycles. The van der Waals surface area contributed by atoms with Gasteiger partial charge in [-0.15, -0.1) is 0 Å². The van der Waals surface area contributed by atoms with Gasteiger partial charge in [0.05, 0.1) is 14.8 Å². The van der Waals surface area contributed by atoms with Crippen molar-refractivity contribution in [2.24, 2.45) is 0 Å². The van der Waals surface area contributed by atoms with Crippen molar-refractivity contribution >= 4 is 46.6 Å². The second kappa shape index (κ2) is 5.64. The van der Waals surface area contributed by atoms with E-state index in [-0.39, 0.29) is 29.6 Å². The molecule has 98 valence electrons. The Labute approximate surface area is 124 Å². The Balaban J connectivity index is 0.00000324. The average molecular weight is 285 g/mol. The molecule has 0 bridgehead atoms. The molecule has 0 saturated carbocycles. The molecule has 0 fully saturated rings. The number of hydrogen-bond donors (Lipinski definition) is 3. The monoisotopic (exact) mass is 285 g/mol. The van der Waals surface area contributed by atoms with E-state index in [1.54, 1.807) is 0 Å². The van der Waals surface area contributed by atoms with Crippen LogP contribution in [0, 0.1) is 30.3 Å². The van der Waals surface area contributed by atoms with Crippen LogP contribution in [0.15, 0.2) is 0 Å². The van der Waals surface area contributed by atoms with Gasteiger partial charge in [-0.2, -0.15) is 0 Å². The molecule has 13 heteroatoms. The first-order valence-electron chi connectivity index (χ1n) is 3.94. The molecule has 3 N–H and O–H groups in total. The Hall–Kier alpha value is -2.18. The fourth-order valence-electron chi connectivity index (χ4n) is 1.19. The molecule has 19 heavy (non-hydrogen) atoms. The number of phenolic OH excluding ortho intramolecular Hbond substituents is 3. The van der Waals surface area contributed by atoms with Crippen LogP contribution in [0.1, 0.15) is 0 Å². The molecule has 0 unspecified atom stereocenters. The molecule has 1 rings (SSSR count). The fourth-order valence-corrected chi connectivity index (χ4v) is 1.19. The van der Waals surface area contributed by atoms with Crippen LogP contribution in [0.3, 0.4) is 0 Å². The number of nitro benzene ring substituents is 3. The van der Waals surface area contributed by atoms with E-state index in [1.807, 2.05) is 0 Å². The van der Waals surface area contributed by atoms with Gasteiger partial charge in [-0.25, -0.2) is 0 Å². The summed E-state index contributed by atoms with van der Waals surface area (Å²) in [6.45, 7) is 0. The second-order valence-corrected chi connectivity index (χ2v) is 2.86. The van der Waals surface area contributed by atoms with Crippen LogP contribution in [0.4, 0.5) is 17.1 Å². The SMILES string of the molecule is O=[N+]([O-])c1c(O)c([N+](=O)[O-])c(O)c([N+](=O)[O-])c1O.[NaH]. The number of aromatic hydroxyl groups is 3. The van der Waals surface area contributed by atoms with E-state index in [1.165, 1.54) is 0 Å². The molecule has 0 aliphatic heterocycles. The standard InChI is InChI=1S/C6H3N3O9.Na.H/c10-4-1(7(13)14)5(11)3(9(17)18)6(12)2(4)8(15)16;;/h10-12H;;. The molecular formula is C6H4N3NaO9. The van der Waals surface area contributed by atoms with Gasteiger partial charge in [0.1, 0.15) is 0 Å².